The Balaban J connectivity index is 1.62. The Morgan fingerprint density at radius 1 is 1.50 bits per heavy atom. The highest BCUT2D eigenvalue weighted by Crippen LogP contribution is 2.17. The largest absolute Gasteiger partial charge is 0.460 e. The molecule has 2 heterocycles. The molecule has 1 aromatic heterocycles. The number of nitrogens with two attached hydrogens (primary N) is 2. The Bertz CT molecular complexity index is 991. The smallest absolute Gasteiger partial charge is 0.340 e. The van der Waals surface area contributed by atoms with Gasteiger partial charge in [-0.25, -0.2) is 19.8 Å². The van der Waals surface area contributed by atoms with Gasteiger partial charge < -0.3 is 31.3 Å². The quantitative estimate of drug-likeness (QED) is 0.119. The molecule has 0 saturated carbocycles. The molecule has 2 aromatic rings. The predicted molar refractivity (Wildman–Crippen MR) is 116 cm³/mol. The minimum Gasteiger partial charge on any atom is -0.460 e. The molecule has 3 rings (SSSR count). The van der Waals surface area contributed by atoms with Crippen molar-refractivity contribution >= 4 is 28.8 Å². The molecule has 3 unspecified atom stereocenters. The summed E-state index contributed by atoms with van der Waals surface area (Å²) in [5.74, 6) is -0.553. The highest BCUT2D eigenvalue weighted by Gasteiger charge is 2.30. The van der Waals surface area contributed by atoms with E-state index in [0.29, 0.717) is 16.1 Å². The highest BCUT2D eigenvalue weighted by molar-refractivity contribution is 6.02. The van der Waals surface area contributed by atoms with Gasteiger partial charge in [0.05, 0.1) is 49.1 Å². The topological polar surface area (TPSA) is 199 Å². The fourth-order valence-corrected chi connectivity index (χ4v) is 3.32. The molecule has 0 saturated heterocycles. The summed E-state index contributed by atoms with van der Waals surface area (Å²) in [5.41, 5.74) is 12.7. The number of carbonyl (C=O) groups is 1. The first-order chi connectivity index (χ1) is 15.3. The fraction of sp³-hybridized carbons (Fsp3) is 0.474. The maximum atomic E-state index is 12.5. The number of guanidine groups is 2. The number of para-hydroxylation sites is 1. The number of esters is 1. The summed E-state index contributed by atoms with van der Waals surface area (Å²) >= 11 is 0. The van der Waals surface area contributed by atoms with Crippen LogP contribution < -0.4 is 11.5 Å². The molecule has 0 bridgehead atoms. The maximum Gasteiger partial charge on any atom is 0.340 e. The van der Waals surface area contributed by atoms with E-state index in [0.717, 1.165) is 5.39 Å². The van der Waals surface area contributed by atoms with Gasteiger partial charge in [-0.1, -0.05) is 12.1 Å². The lowest BCUT2D eigenvalue weighted by molar-refractivity contribution is -0.0442. The van der Waals surface area contributed by atoms with Crippen molar-refractivity contribution in [2.24, 2.45) is 21.5 Å². The van der Waals surface area contributed by atoms with Gasteiger partial charge in [-0.3, -0.25) is 10.3 Å². The van der Waals surface area contributed by atoms with E-state index in [2.05, 4.69) is 20.2 Å². The van der Waals surface area contributed by atoms with Gasteiger partial charge in [0, 0.05) is 11.9 Å². The Morgan fingerprint density at radius 2 is 2.28 bits per heavy atom. The normalized spacial score (nSPS) is 20.2. The van der Waals surface area contributed by atoms with Crippen LogP contribution in [0.4, 0.5) is 0 Å². The van der Waals surface area contributed by atoms with Crippen molar-refractivity contribution in [2.45, 2.75) is 25.1 Å². The number of ether oxygens (including phenoxy) is 1. The van der Waals surface area contributed by atoms with E-state index in [1.807, 2.05) is 6.07 Å². The molecule has 0 spiro atoms. The summed E-state index contributed by atoms with van der Waals surface area (Å²) < 4.78 is 5.38. The first kappa shape index (κ1) is 23.2. The average molecular weight is 448 g/mol. The lowest BCUT2D eigenvalue weighted by Gasteiger charge is -2.34. The van der Waals surface area contributed by atoms with Gasteiger partial charge in [0.15, 0.2) is 5.96 Å². The van der Waals surface area contributed by atoms with Crippen LogP contribution >= 0.6 is 0 Å². The third kappa shape index (κ3) is 5.43. The third-order valence-electron chi connectivity index (χ3n) is 4.95. The summed E-state index contributed by atoms with van der Waals surface area (Å²) in [6.07, 6.45) is 0.802. The minimum absolute atomic E-state index is 0.0312. The van der Waals surface area contributed by atoms with Gasteiger partial charge in [-0.05, 0) is 13.0 Å². The van der Waals surface area contributed by atoms with Gasteiger partial charge in [0.1, 0.15) is 12.6 Å². The molecule has 1 aliphatic heterocycles. The first-order valence-electron chi connectivity index (χ1n) is 10.1. The van der Waals surface area contributed by atoms with Crippen LogP contribution in [0.2, 0.25) is 0 Å². The standard InChI is InChI=1S/C19H28N8O5/c1-11(29)8-27(31)19(21)23-14-9-26(18(20)24-15(14)10-28)5-6-32-17(30)13-4-2-3-12-7-22-25-16(12)13/h2-4,7,11,14-15,28-29,31H,5-6,8-10H2,1H3,(H2,20,24)(H2,21,23)(H,22,25). The van der Waals surface area contributed by atoms with Crippen molar-refractivity contribution < 1.29 is 25.0 Å². The number of hydroxylamine groups is 2. The number of fused-ring (bicyclic) bond motifs is 1. The van der Waals surface area contributed by atoms with E-state index in [4.69, 9.17) is 16.2 Å². The number of hydrogen-bond donors (Lipinski definition) is 6. The second-order valence-electron chi connectivity index (χ2n) is 7.44. The molecule has 1 aromatic carbocycles. The number of nitrogens with one attached hydrogen (secondary N) is 1. The van der Waals surface area contributed by atoms with E-state index >= 15 is 0 Å². The second kappa shape index (κ2) is 10.3. The number of nitrogens with zero attached hydrogens (tertiary/aromatic N) is 5. The van der Waals surface area contributed by atoms with Crippen LogP contribution in [0.3, 0.4) is 0 Å². The van der Waals surface area contributed by atoms with E-state index in [1.54, 1.807) is 23.2 Å². The van der Waals surface area contributed by atoms with Crippen molar-refractivity contribution in [3.63, 3.8) is 0 Å². The lowest BCUT2D eigenvalue weighted by Crippen LogP contribution is -2.53. The number of hydrogen-bond acceptors (Lipinski definition) is 10. The van der Waals surface area contributed by atoms with Crippen LogP contribution in [0.25, 0.3) is 10.9 Å². The predicted octanol–water partition coefficient (Wildman–Crippen LogP) is -1.53. The molecule has 32 heavy (non-hydrogen) atoms. The van der Waals surface area contributed by atoms with Crippen molar-refractivity contribution in [1.82, 2.24) is 20.2 Å². The Morgan fingerprint density at radius 3 is 3.00 bits per heavy atom. The molecule has 8 N–H and O–H groups in total. The number of rotatable bonds is 8. The number of carbonyl (C=O) groups excluding carboxylic acids is 1. The number of aliphatic hydroxyl groups is 2. The monoisotopic (exact) mass is 448 g/mol. The summed E-state index contributed by atoms with van der Waals surface area (Å²) in [6.45, 7) is 1.55. The van der Waals surface area contributed by atoms with Gasteiger partial charge in [-0.15, -0.1) is 0 Å². The zero-order chi connectivity index (χ0) is 23.3. The van der Waals surface area contributed by atoms with Gasteiger partial charge in [0.2, 0.25) is 5.96 Å². The molecule has 0 fully saturated rings. The SMILES string of the molecule is CC(O)CN(O)C(N)=NC1CN(CCOC(=O)c2cccc3cn[nH]c23)C(N)=NC1CO. The van der Waals surface area contributed by atoms with Gasteiger partial charge >= 0.3 is 5.97 Å². The number of H-pyrrole nitrogens is 1. The zero-order valence-electron chi connectivity index (χ0n) is 17.6. The molecule has 13 heteroatoms. The summed E-state index contributed by atoms with van der Waals surface area (Å²) in [4.78, 5) is 22.6. The van der Waals surface area contributed by atoms with E-state index < -0.39 is 24.2 Å². The number of aromatic nitrogens is 2. The van der Waals surface area contributed by atoms with E-state index in [1.165, 1.54) is 6.92 Å². The Kier molecular flexibility index (Phi) is 7.45. The lowest BCUT2D eigenvalue weighted by atomic mass is 10.1. The van der Waals surface area contributed by atoms with Crippen LogP contribution in [0.1, 0.15) is 17.3 Å². The number of aromatic amines is 1. The highest BCUT2D eigenvalue weighted by atomic mass is 16.5. The van der Waals surface area contributed by atoms with Crippen LogP contribution in [0, 0.1) is 0 Å². The van der Waals surface area contributed by atoms with Crippen molar-refractivity contribution in [3.05, 3.63) is 30.0 Å². The second-order valence-corrected chi connectivity index (χ2v) is 7.44. The van der Waals surface area contributed by atoms with Crippen LogP contribution in [0.5, 0.6) is 0 Å². The molecule has 0 amide bonds. The van der Waals surface area contributed by atoms with Gasteiger partial charge in [-0.2, -0.15) is 5.10 Å². The molecule has 3 atom stereocenters. The maximum absolute atomic E-state index is 12.5. The van der Waals surface area contributed by atoms with Gasteiger partial charge in [0.25, 0.3) is 0 Å². The molecule has 13 nitrogen and oxygen atoms in total. The minimum atomic E-state index is -0.818. The average Bonchev–Trinajstić information content (AvgIpc) is 3.23. The summed E-state index contributed by atoms with van der Waals surface area (Å²) in [6, 6.07) is 3.97. The molecule has 174 valence electrons. The fourth-order valence-electron chi connectivity index (χ4n) is 3.32. The number of aliphatic hydroxyl groups excluding tert-OH is 2. The molecule has 1 aliphatic rings. The third-order valence-corrected chi connectivity index (χ3v) is 4.95. The van der Waals surface area contributed by atoms with E-state index in [9.17, 15) is 20.2 Å². The van der Waals surface area contributed by atoms with Crippen molar-refractivity contribution in [3.8, 4) is 0 Å². The molecule has 0 radical (unpaired) electrons. The number of aliphatic imine (C=N–C) groups is 2. The summed E-state index contributed by atoms with van der Waals surface area (Å²) in [7, 11) is 0. The van der Waals surface area contributed by atoms with Crippen LogP contribution in [0.15, 0.2) is 34.4 Å². The van der Waals surface area contributed by atoms with E-state index in [-0.39, 0.29) is 44.8 Å². The van der Waals surface area contributed by atoms with Crippen molar-refractivity contribution in [2.75, 3.05) is 32.8 Å². The molecular formula is C19H28N8O5. The number of benzene rings is 1. The van der Waals surface area contributed by atoms with Crippen LogP contribution in [-0.4, -0.2) is 105 Å². The van der Waals surface area contributed by atoms with Crippen molar-refractivity contribution in [1.29, 1.82) is 0 Å². The zero-order valence-corrected chi connectivity index (χ0v) is 17.6. The molecule has 0 aliphatic carbocycles. The Labute approximate surface area is 183 Å². The molecular weight excluding hydrogens is 420 g/mol. The Hall–Kier alpha value is -3.42. The van der Waals surface area contributed by atoms with Crippen LogP contribution in [-0.2, 0) is 4.74 Å². The summed E-state index contributed by atoms with van der Waals surface area (Å²) in [5, 5.41) is 37.0. The first-order valence-corrected chi connectivity index (χ1v) is 10.1.